The van der Waals surface area contributed by atoms with Gasteiger partial charge in [0.15, 0.2) is 0 Å². The van der Waals surface area contributed by atoms with Gasteiger partial charge in [0, 0.05) is 30.9 Å². The van der Waals surface area contributed by atoms with Crippen molar-refractivity contribution >= 4 is 11.8 Å². The molecule has 0 saturated carbocycles. The summed E-state index contributed by atoms with van der Waals surface area (Å²) in [5, 5.41) is 16.9. The monoisotopic (exact) mass is 310 g/mol. The number of nitrogens with one attached hydrogen (secondary N) is 2. The minimum Gasteiger partial charge on any atom is -0.465 e. The van der Waals surface area contributed by atoms with E-state index in [2.05, 4.69) is 4.98 Å². The van der Waals surface area contributed by atoms with Gasteiger partial charge in [0.2, 0.25) is 5.62 Å². The molecule has 1 aliphatic rings. The summed E-state index contributed by atoms with van der Waals surface area (Å²) in [5.74, 6) is 5.62. The fourth-order valence-electron chi connectivity index (χ4n) is 2.86. The zero-order chi connectivity index (χ0) is 16.6. The molecule has 1 aliphatic heterocycles. The Balaban J connectivity index is 2.49. The van der Waals surface area contributed by atoms with Crippen LogP contribution in [0.3, 0.4) is 0 Å². The molecule has 0 aromatic carbocycles. The van der Waals surface area contributed by atoms with Gasteiger partial charge in [-0.3, -0.25) is 10.2 Å². The molecular formula is C13H22N6O3. The van der Waals surface area contributed by atoms with Gasteiger partial charge >= 0.3 is 6.09 Å². The summed E-state index contributed by atoms with van der Waals surface area (Å²) in [4.78, 5) is 29.8. The van der Waals surface area contributed by atoms with Crippen LogP contribution >= 0.6 is 0 Å². The van der Waals surface area contributed by atoms with E-state index in [0.29, 0.717) is 30.9 Å². The third kappa shape index (κ3) is 2.53. The van der Waals surface area contributed by atoms with Crippen LogP contribution in [0.2, 0.25) is 0 Å². The average Bonchev–Trinajstić information content (AvgIpc) is 2.46. The minimum atomic E-state index is -0.959. The molecule has 0 bridgehead atoms. The molecule has 1 aromatic heterocycles. The molecule has 0 radical (unpaired) electrons. The molecular weight excluding hydrogens is 288 g/mol. The van der Waals surface area contributed by atoms with Crippen molar-refractivity contribution in [3.05, 3.63) is 21.7 Å². The molecule has 2 heterocycles. The standard InChI is InChI=1S/C13H22N6O3/c1-4-9-10(11(20)19(15)12(14)16-9)17-5-8(3)18(13(21)22)6-7(17)2/h7-8H,4-6,15H2,1-3H3,(H2,14,16)(H,21,22)/t7?,8-/m0/s1. The number of carbonyl (C=O) groups is 1. The van der Waals surface area contributed by atoms with Crippen LogP contribution in [0.25, 0.3) is 0 Å². The maximum Gasteiger partial charge on any atom is 0.407 e. The van der Waals surface area contributed by atoms with E-state index in [0.717, 1.165) is 4.68 Å². The number of H-pyrrole nitrogens is 1. The van der Waals surface area contributed by atoms with E-state index in [-0.39, 0.29) is 17.7 Å². The van der Waals surface area contributed by atoms with E-state index in [1.54, 1.807) is 0 Å². The van der Waals surface area contributed by atoms with E-state index < -0.39 is 11.7 Å². The van der Waals surface area contributed by atoms with Crippen molar-refractivity contribution in [2.45, 2.75) is 39.3 Å². The number of nitrogens with zero attached hydrogens (tertiary/aromatic N) is 3. The average molecular weight is 310 g/mol. The SMILES string of the molecule is CCc1[nH]c(=N)n(N)c(=O)c1N1C[C@H](C)N(C(=O)O)CC1C. The Hall–Kier alpha value is -2.45. The van der Waals surface area contributed by atoms with Gasteiger partial charge in [-0.05, 0) is 20.3 Å². The number of aromatic nitrogens is 2. The maximum absolute atomic E-state index is 12.5. The summed E-state index contributed by atoms with van der Waals surface area (Å²) in [6.45, 7) is 6.28. The summed E-state index contributed by atoms with van der Waals surface area (Å²) in [5.41, 5.74) is 0.462. The van der Waals surface area contributed by atoms with Crippen LogP contribution in [0.15, 0.2) is 4.79 Å². The largest absolute Gasteiger partial charge is 0.465 e. The van der Waals surface area contributed by atoms with Crippen molar-refractivity contribution in [2.75, 3.05) is 23.8 Å². The van der Waals surface area contributed by atoms with Crippen molar-refractivity contribution in [3.8, 4) is 0 Å². The number of rotatable bonds is 2. The Kier molecular flexibility index (Phi) is 4.16. The van der Waals surface area contributed by atoms with Gasteiger partial charge in [-0.25, -0.2) is 4.79 Å². The topological polar surface area (TPSA) is 131 Å². The van der Waals surface area contributed by atoms with Gasteiger partial charge < -0.3 is 25.7 Å². The Morgan fingerprint density at radius 2 is 2.05 bits per heavy atom. The summed E-state index contributed by atoms with van der Waals surface area (Å²) in [7, 11) is 0. The molecule has 1 aromatic rings. The first-order chi connectivity index (χ1) is 10.3. The number of hydrogen-bond donors (Lipinski definition) is 4. The lowest BCUT2D eigenvalue weighted by Gasteiger charge is -2.44. The number of aryl methyl sites for hydroxylation is 1. The highest BCUT2D eigenvalue weighted by atomic mass is 16.4. The first-order valence-corrected chi connectivity index (χ1v) is 7.22. The highest BCUT2D eigenvalue weighted by Gasteiger charge is 2.34. The Morgan fingerprint density at radius 1 is 1.41 bits per heavy atom. The quantitative estimate of drug-likeness (QED) is 0.547. The Labute approximate surface area is 127 Å². The van der Waals surface area contributed by atoms with Gasteiger partial charge in [-0.2, -0.15) is 4.68 Å². The summed E-state index contributed by atoms with van der Waals surface area (Å²) in [6, 6.07) is -0.394. The molecule has 0 aliphatic carbocycles. The first-order valence-electron chi connectivity index (χ1n) is 7.22. The minimum absolute atomic E-state index is 0.157. The number of anilines is 1. The fraction of sp³-hybridized carbons (Fsp3) is 0.615. The molecule has 122 valence electrons. The van der Waals surface area contributed by atoms with E-state index in [1.165, 1.54) is 4.90 Å². The number of hydrogen-bond acceptors (Lipinski definition) is 5. The second kappa shape index (κ2) is 5.74. The van der Waals surface area contributed by atoms with Crippen LogP contribution in [0.4, 0.5) is 10.5 Å². The Bertz CT molecular complexity index is 694. The van der Waals surface area contributed by atoms with Crippen LogP contribution in [-0.4, -0.2) is 50.9 Å². The molecule has 5 N–H and O–H groups in total. The van der Waals surface area contributed by atoms with E-state index in [1.807, 2.05) is 25.7 Å². The maximum atomic E-state index is 12.5. The van der Waals surface area contributed by atoms with Crippen LogP contribution in [0.5, 0.6) is 0 Å². The molecule has 22 heavy (non-hydrogen) atoms. The van der Waals surface area contributed by atoms with Crippen molar-refractivity contribution in [3.63, 3.8) is 0 Å². The molecule has 9 nitrogen and oxygen atoms in total. The third-order valence-corrected chi connectivity index (χ3v) is 4.09. The highest BCUT2D eigenvalue weighted by molar-refractivity contribution is 5.66. The molecule has 2 rings (SSSR count). The third-order valence-electron chi connectivity index (χ3n) is 4.09. The van der Waals surface area contributed by atoms with Crippen LogP contribution < -0.4 is 21.9 Å². The number of amides is 1. The predicted molar refractivity (Wildman–Crippen MR) is 81.4 cm³/mol. The molecule has 1 unspecified atom stereocenters. The smallest absolute Gasteiger partial charge is 0.407 e. The van der Waals surface area contributed by atoms with Gasteiger partial charge in [0.05, 0.1) is 0 Å². The number of piperazine rings is 1. The highest BCUT2D eigenvalue weighted by Crippen LogP contribution is 2.22. The normalized spacial score (nSPS) is 22.0. The second-order valence-electron chi connectivity index (χ2n) is 5.61. The van der Waals surface area contributed by atoms with Crippen molar-refractivity contribution in [1.82, 2.24) is 14.6 Å². The molecule has 0 spiro atoms. The molecule has 9 heteroatoms. The van der Waals surface area contributed by atoms with Gasteiger partial charge in [-0.1, -0.05) is 6.92 Å². The lowest BCUT2D eigenvalue weighted by atomic mass is 10.1. The van der Waals surface area contributed by atoms with Crippen molar-refractivity contribution in [1.29, 1.82) is 5.41 Å². The summed E-state index contributed by atoms with van der Waals surface area (Å²) < 4.78 is 0.773. The summed E-state index contributed by atoms with van der Waals surface area (Å²) in [6.07, 6.45) is -0.406. The zero-order valence-corrected chi connectivity index (χ0v) is 13.0. The fourth-order valence-corrected chi connectivity index (χ4v) is 2.86. The summed E-state index contributed by atoms with van der Waals surface area (Å²) >= 11 is 0. The molecule has 1 saturated heterocycles. The molecule has 2 atom stereocenters. The van der Waals surface area contributed by atoms with E-state index >= 15 is 0 Å². The van der Waals surface area contributed by atoms with Gasteiger partial charge in [0.1, 0.15) is 5.69 Å². The number of carboxylic acid groups (broad SMARTS) is 1. The van der Waals surface area contributed by atoms with Crippen molar-refractivity contribution < 1.29 is 9.90 Å². The molecule has 1 amide bonds. The van der Waals surface area contributed by atoms with Gasteiger partial charge in [0.25, 0.3) is 5.56 Å². The van der Waals surface area contributed by atoms with Gasteiger partial charge in [-0.15, -0.1) is 0 Å². The Morgan fingerprint density at radius 3 is 2.59 bits per heavy atom. The van der Waals surface area contributed by atoms with Crippen LogP contribution in [-0.2, 0) is 6.42 Å². The number of nitrogen functional groups attached to an aromatic ring is 1. The lowest BCUT2D eigenvalue weighted by Crippen LogP contribution is -2.60. The second-order valence-corrected chi connectivity index (χ2v) is 5.61. The van der Waals surface area contributed by atoms with Crippen LogP contribution in [0, 0.1) is 5.41 Å². The van der Waals surface area contributed by atoms with E-state index in [4.69, 9.17) is 11.3 Å². The van der Waals surface area contributed by atoms with Crippen molar-refractivity contribution in [2.24, 2.45) is 0 Å². The van der Waals surface area contributed by atoms with Crippen LogP contribution in [0.1, 0.15) is 26.5 Å². The molecule has 1 fully saturated rings. The first kappa shape index (κ1) is 15.9. The number of aromatic amines is 1. The lowest BCUT2D eigenvalue weighted by molar-refractivity contribution is 0.114. The predicted octanol–water partition coefficient (Wildman–Crippen LogP) is -0.491. The number of nitrogens with two attached hydrogens (primary N) is 1. The van der Waals surface area contributed by atoms with E-state index in [9.17, 15) is 14.7 Å². The zero-order valence-electron chi connectivity index (χ0n) is 13.0.